The number of aromatic nitrogens is 1. The van der Waals surface area contributed by atoms with Crippen LogP contribution >= 0.6 is 0 Å². The molecule has 2 amide bonds. The summed E-state index contributed by atoms with van der Waals surface area (Å²) in [6, 6.07) is 10.5. The molecule has 3 aromatic rings. The zero-order valence-corrected chi connectivity index (χ0v) is 21.5. The van der Waals surface area contributed by atoms with Gasteiger partial charge in [0, 0.05) is 11.6 Å². The molecule has 4 rings (SSSR count). The number of carbonyl (C=O) groups excluding carboxylic acids is 3. The highest BCUT2D eigenvalue weighted by molar-refractivity contribution is 7.89. The first-order valence-corrected chi connectivity index (χ1v) is 13.6. The summed E-state index contributed by atoms with van der Waals surface area (Å²) in [5.74, 6) is -2.03. The fraction of sp³-hybridized carbons (Fsp3) is 0.385. The van der Waals surface area contributed by atoms with E-state index in [1.165, 1.54) is 18.3 Å². The fourth-order valence-corrected chi connectivity index (χ4v) is 5.94. The smallest absolute Gasteiger partial charge is 0.287 e. The van der Waals surface area contributed by atoms with Crippen LogP contribution in [0, 0.1) is 5.92 Å². The molecule has 1 aromatic carbocycles. The number of ketones is 1. The Morgan fingerprint density at radius 1 is 1.19 bits per heavy atom. The van der Waals surface area contributed by atoms with E-state index in [4.69, 9.17) is 4.42 Å². The number of Topliss-reactive ketones (excluding diaryl/α,β-unsaturated/α-hetero) is 1. The molecular formula is C26H30N4O6S. The largest absolute Gasteiger partial charge is 0.451 e. The van der Waals surface area contributed by atoms with Gasteiger partial charge in [0.2, 0.25) is 0 Å². The van der Waals surface area contributed by atoms with E-state index < -0.39 is 39.7 Å². The standard InChI is InChI=1S/C26H30N4O6S/c1-17(2)14-19(29-25(32)23-15-18-8-3-4-10-22(18)36-23)26(33)30(20-9-7-12-27-16-21(20)31)37(34,35)24-11-5-6-13-28-24/h3-6,8,10-11,13,15,17,19-20,27H,7,9,12,14,16H2,1-2H3,(H,29,32)/t19?,20-/m0/s1. The van der Waals surface area contributed by atoms with Gasteiger partial charge in [-0.15, -0.1) is 0 Å². The van der Waals surface area contributed by atoms with Crippen LogP contribution in [0.4, 0.5) is 0 Å². The molecule has 2 atom stereocenters. The Morgan fingerprint density at radius 2 is 1.95 bits per heavy atom. The third-order valence-electron chi connectivity index (χ3n) is 6.12. The molecule has 0 spiro atoms. The number of hydrogen-bond acceptors (Lipinski definition) is 8. The second-order valence-corrected chi connectivity index (χ2v) is 11.2. The lowest BCUT2D eigenvalue weighted by atomic mass is 10.0. The number of carbonyl (C=O) groups is 3. The highest BCUT2D eigenvalue weighted by atomic mass is 32.2. The van der Waals surface area contributed by atoms with E-state index in [9.17, 15) is 22.8 Å². The van der Waals surface area contributed by atoms with Crippen molar-refractivity contribution in [3.63, 3.8) is 0 Å². The average Bonchev–Trinajstić information content (AvgIpc) is 3.21. The Bertz CT molecular complexity index is 1350. The van der Waals surface area contributed by atoms with E-state index in [-0.39, 0.29) is 36.1 Å². The molecule has 2 aromatic heterocycles. The Balaban J connectivity index is 1.72. The first-order chi connectivity index (χ1) is 17.7. The predicted molar refractivity (Wildman–Crippen MR) is 136 cm³/mol. The van der Waals surface area contributed by atoms with E-state index >= 15 is 0 Å². The SMILES string of the molecule is CC(C)CC(NC(=O)c1cc2ccccc2o1)C(=O)N([C@H]1CCCNCC1=O)S(=O)(=O)c1ccccn1. The summed E-state index contributed by atoms with van der Waals surface area (Å²) in [4.78, 5) is 44.1. The first kappa shape index (κ1) is 26.5. The summed E-state index contributed by atoms with van der Waals surface area (Å²) in [6.07, 6.45) is 2.12. The van der Waals surface area contributed by atoms with Gasteiger partial charge in [0.15, 0.2) is 16.6 Å². The van der Waals surface area contributed by atoms with Gasteiger partial charge in [-0.25, -0.2) is 9.29 Å². The molecule has 37 heavy (non-hydrogen) atoms. The fourth-order valence-electron chi connectivity index (χ4n) is 4.37. The highest BCUT2D eigenvalue weighted by Gasteiger charge is 2.43. The van der Waals surface area contributed by atoms with E-state index in [0.29, 0.717) is 22.9 Å². The highest BCUT2D eigenvalue weighted by Crippen LogP contribution is 2.24. The number of para-hydroxylation sites is 1. The number of hydrogen-bond donors (Lipinski definition) is 2. The number of rotatable bonds is 8. The molecule has 0 bridgehead atoms. The van der Waals surface area contributed by atoms with Crippen molar-refractivity contribution < 1.29 is 27.2 Å². The topological polar surface area (TPSA) is 139 Å². The second-order valence-electron chi connectivity index (χ2n) is 9.41. The van der Waals surface area contributed by atoms with Crippen molar-refractivity contribution in [3.05, 3.63) is 60.5 Å². The molecule has 1 unspecified atom stereocenters. The number of pyridine rings is 1. The lowest BCUT2D eigenvalue weighted by Crippen LogP contribution is -2.56. The van der Waals surface area contributed by atoms with Crippen LogP contribution in [0.2, 0.25) is 0 Å². The Hall–Kier alpha value is -3.57. The normalized spacial score (nSPS) is 17.4. The molecule has 1 saturated heterocycles. The Morgan fingerprint density at radius 3 is 2.65 bits per heavy atom. The Labute approximate surface area is 215 Å². The zero-order valence-electron chi connectivity index (χ0n) is 20.7. The predicted octanol–water partition coefficient (Wildman–Crippen LogP) is 2.51. The maximum absolute atomic E-state index is 14.0. The van der Waals surface area contributed by atoms with E-state index in [1.54, 1.807) is 30.3 Å². The minimum absolute atomic E-state index is 0.00312. The number of amides is 2. The first-order valence-electron chi connectivity index (χ1n) is 12.2. The maximum atomic E-state index is 14.0. The van der Waals surface area contributed by atoms with Crippen molar-refractivity contribution in [1.82, 2.24) is 19.9 Å². The van der Waals surface area contributed by atoms with Crippen LogP contribution in [0.3, 0.4) is 0 Å². The van der Waals surface area contributed by atoms with Gasteiger partial charge in [-0.1, -0.05) is 38.1 Å². The molecule has 2 N–H and O–H groups in total. The van der Waals surface area contributed by atoms with Gasteiger partial charge in [-0.05, 0) is 56.0 Å². The van der Waals surface area contributed by atoms with Gasteiger partial charge in [0.25, 0.3) is 21.8 Å². The summed E-state index contributed by atoms with van der Waals surface area (Å²) >= 11 is 0. The zero-order chi connectivity index (χ0) is 26.6. The van der Waals surface area contributed by atoms with Crippen molar-refractivity contribution in [2.45, 2.75) is 50.2 Å². The van der Waals surface area contributed by atoms with Crippen molar-refractivity contribution in [2.24, 2.45) is 5.92 Å². The molecular weight excluding hydrogens is 496 g/mol. The molecule has 0 radical (unpaired) electrons. The van der Waals surface area contributed by atoms with Crippen LogP contribution in [0.25, 0.3) is 11.0 Å². The molecule has 1 aliphatic heterocycles. The molecule has 1 fully saturated rings. The molecule has 0 aliphatic carbocycles. The molecule has 0 saturated carbocycles. The number of benzene rings is 1. The van der Waals surface area contributed by atoms with Gasteiger partial charge in [-0.2, -0.15) is 8.42 Å². The summed E-state index contributed by atoms with van der Waals surface area (Å²) < 4.78 is 33.7. The van der Waals surface area contributed by atoms with Gasteiger partial charge < -0.3 is 15.1 Å². The lowest BCUT2D eigenvalue weighted by molar-refractivity contribution is -0.135. The second kappa shape index (κ2) is 11.2. The molecule has 11 heteroatoms. The van der Waals surface area contributed by atoms with E-state index in [2.05, 4.69) is 15.6 Å². The summed E-state index contributed by atoms with van der Waals surface area (Å²) in [5.41, 5.74) is 0.510. The molecule has 196 valence electrons. The van der Waals surface area contributed by atoms with Crippen LogP contribution in [-0.4, -0.2) is 60.5 Å². The van der Waals surface area contributed by atoms with E-state index in [1.807, 2.05) is 19.9 Å². The average molecular weight is 527 g/mol. The number of furan rings is 1. The van der Waals surface area contributed by atoms with Crippen LogP contribution in [0.15, 0.2) is 64.2 Å². The van der Waals surface area contributed by atoms with Crippen LogP contribution in [0.1, 0.15) is 43.7 Å². The third-order valence-corrected chi connectivity index (χ3v) is 7.85. The van der Waals surface area contributed by atoms with Gasteiger partial charge in [0.05, 0.1) is 6.54 Å². The third kappa shape index (κ3) is 5.89. The minimum Gasteiger partial charge on any atom is -0.451 e. The summed E-state index contributed by atoms with van der Waals surface area (Å²) in [6.45, 7) is 4.16. The van der Waals surface area contributed by atoms with Gasteiger partial charge in [0.1, 0.15) is 17.7 Å². The van der Waals surface area contributed by atoms with Crippen molar-refractivity contribution in [3.8, 4) is 0 Å². The van der Waals surface area contributed by atoms with Gasteiger partial charge >= 0.3 is 0 Å². The number of sulfonamides is 1. The maximum Gasteiger partial charge on any atom is 0.287 e. The van der Waals surface area contributed by atoms with Crippen molar-refractivity contribution in [1.29, 1.82) is 0 Å². The lowest BCUT2D eigenvalue weighted by Gasteiger charge is -2.32. The molecule has 3 heterocycles. The van der Waals surface area contributed by atoms with Crippen LogP contribution in [-0.2, 0) is 19.6 Å². The molecule has 10 nitrogen and oxygen atoms in total. The number of nitrogens with one attached hydrogen (secondary N) is 2. The van der Waals surface area contributed by atoms with Crippen LogP contribution in [0.5, 0.6) is 0 Å². The number of fused-ring (bicyclic) bond motifs is 1. The number of nitrogens with zero attached hydrogens (tertiary/aromatic N) is 2. The Kier molecular flexibility index (Phi) is 8.03. The summed E-state index contributed by atoms with van der Waals surface area (Å²) in [7, 11) is -4.50. The van der Waals surface area contributed by atoms with Crippen molar-refractivity contribution >= 4 is 38.6 Å². The van der Waals surface area contributed by atoms with Gasteiger partial charge in [-0.3, -0.25) is 14.4 Å². The monoisotopic (exact) mass is 526 g/mol. The summed E-state index contributed by atoms with van der Waals surface area (Å²) in [5, 5.41) is 5.99. The quantitative estimate of drug-likeness (QED) is 0.457. The molecule has 1 aliphatic rings. The minimum atomic E-state index is -4.50. The van der Waals surface area contributed by atoms with Crippen molar-refractivity contribution in [2.75, 3.05) is 13.1 Å². The van der Waals surface area contributed by atoms with Crippen LogP contribution < -0.4 is 10.6 Å². The van der Waals surface area contributed by atoms with E-state index in [0.717, 1.165) is 5.39 Å².